The third kappa shape index (κ3) is 7.29. The number of rotatable bonds is 10. The molecule has 202 valence electrons. The maximum Gasteiger partial charge on any atom is 0.411 e. The van der Waals surface area contributed by atoms with E-state index >= 15 is 0 Å². The van der Waals surface area contributed by atoms with Crippen molar-refractivity contribution < 1.29 is 13.2 Å². The summed E-state index contributed by atoms with van der Waals surface area (Å²) in [6, 6.07) is 8.87. The van der Waals surface area contributed by atoms with Crippen molar-refractivity contribution in [3.05, 3.63) is 75.3 Å². The number of hydrogen-bond acceptors (Lipinski definition) is 6. The number of nitrogens with one attached hydrogen (secondary N) is 1. The molecule has 0 fully saturated rings. The number of aryl methyl sites for hydroxylation is 2. The van der Waals surface area contributed by atoms with Gasteiger partial charge in [0.25, 0.3) is 5.56 Å². The standard InChI is InChI=1S/C27H30ClF3N6O/c1-17(6-11-22(32-3)27(29,30)31)13-15-36(4)34-25-23(20-12-14-33-18(2)16-20)24(26(38)37(5)35-25)19-7-9-21(28)10-8-19/h6-10,12,14,16,22H,3,11,13,15H2,1-2,4-5H3,(H,34,35)/b17-6+. The highest BCUT2D eigenvalue weighted by atomic mass is 35.5. The van der Waals surface area contributed by atoms with E-state index in [2.05, 4.69) is 27.2 Å². The zero-order valence-electron chi connectivity index (χ0n) is 21.7. The summed E-state index contributed by atoms with van der Waals surface area (Å²) in [4.78, 5) is 20.8. The van der Waals surface area contributed by atoms with E-state index in [9.17, 15) is 18.0 Å². The number of pyridine rings is 1. The maximum atomic E-state index is 13.3. The van der Waals surface area contributed by atoms with Crippen molar-refractivity contribution in [1.29, 1.82) is 0 Å². The molecule has 0 radical (unpaired) electrons. The second-order valence-corrected chi connectivity index (χ2v) is 9.47. The van der Waals surface area contributed by atoms with Crippen LogP contribution in [0.5, 0.6) is 0 Å². The Bertz CT molecular complexity index is 1370. The number of alkyl halides is 3. The van der Waals surface area contributed by atoms with Gasteiger partial charge in [0, 0.05) is 43.1 Å². The lowest BCUT2D eigenvalue weighted by Crippen LogP contribution is -2.31. The molecule has 2 heterocycles. The molecule has 0 aliphatic carbocycles. The van der Waals surface area contributed by atoms with Crippen LogP contribution < -0.4 is 11.0 Å². The van der Waals surface area contributed by atoms with E-state index in [-0.39, 0.29) is 12.0 Å². The van der Waals surface area contributed by atoms with Gasteiger partial charge in [-0.3, -0.25) is 14.8 Å². The average molecular weight is 547 g/mol. The van der Waals surface area contributed by atoms with Crippen LogP contribution in [0.25, 0.3) is 22.3 Å². The van der Waals surface area contributed by atoms with Crippen LogP contribution in [-0.4, -0.2) is 52.3 Å². The molecule has 7 nitrogen and oxygen atoms in total. The predicted octanol–water partition coefficient (Wildman–Crippen LogP) is 6.09. The van der Waals surface area contributed by atoms with Gasteiger partial charge in [-0.2, -0.15) is 18.3 Å². The summed E-state index contributed by atoms with van der Waals surface area (Å²) >= 11 is 6.09. The molecule has 0 bridgehead atoms. The van der Waals surface area contributed by atoms with Crippen LogP contribution in [0.2, 0.25) is 5.02 Å². The van der Waals surface area contributed by atoms with Crippen LogP contribution >= 0.6 is 11.6 Å². The van der Waals surface area contributed by atoms with Crippen molar-refractivity contribution in [3.8, 4) is 22.3 Å². The molecule has 1 unspecified atom stereocenters. The topological polar surface area (TPSA) is 75.4 Å². The molecule has 2 aromatic heterocycles. The Kier molecular flexibility index (Phi) is 9.45. The first-order valence-electron chi connectivity index (χ1n) is 11.9. The molecule has 0 saturated carbocycles. The summed E-state index contributed by atoms with van der Waals surface area (Å²) in [5.74, 6) is 0.444. The fraction of sp³-hybridized carbons (Fsp3) is 0.333. The molecule has 1 aromatic carbocycles. The highest BCUT2D eigenvalue weighted by molar-refractivity contribution is 6.30. The van der Waals surface area contributed by atoms with Crippen molar-refractivity contribution in [3.63, 3.8) is 0 Å². The molecule has 0 amide bonds. The summed E-state index contributed by atoms with van der Waals surface area (Å²) in [6.07, 6.45) is -0.967. The van der Waals surface area contributed by atoms with Gasteiger partial charge in [0.05, 0.1) is 5.56 Å². The molecule has 0 spiro atoms. The molecule has 0 aliphatic rings. The Morgan fingerprint density at radius 3 is 2.53 bits per heavy atom. The SMILES string of the molecule is C=NC(C/C=C(\C)CCN(C)Nc1nn(C)c(=O)c(-c2ccc(Cl)cc2)c1-c1ccnc(C)c1)C(F)(F)F. The summed E-state index contributed by atoms with van der Waals surface area (Å²) in [5, 5.41) is 6.82. The van der Waals surface area contributed by atoms with E-state index in [4.69, 9.17) is 11.6 Å². The second-order valence-electron chi connectivity index (χ2n) is 9.03. The monoisotopic (exact) mass is 546 g/mol. The van der Waals surface area contributed by atoms with Gasteiger partial charge in [0.1, 0.15) is 6.04 Å². The number of aliphatic imine (C=N–C) groups is 1. The summed E-state index contributed by atoms with van der Waals surface area (Å²) < 4.78 is 40.1. The number of hydrazine groups is 1. The number of aromatic nitrogens is 3. The Morgan fingerprint density at radius 1 is 1.24 bits per heavy atom. The van der Waals surface area contributed by atoms with Gasteiger partial charge in [-0.15, -0.1) is 0 Å². The predicted molar refractivity (Wildman–Crippen MR) is 147 cm³/mol. The molecule has 3 aromatic rings. The van der Waals surface area contributed by atoms with E-state index in [1.807, 2.05) is 19.1 Å². The molecule has 1 atom stereocenters. The Morgan fingerprint density at radius 2 is 1.92 bits per heavy atom. The third-order valence-corrected chi connectivity index (χ3v) is 6.24. The van der Waals surface area contributed by atoms with Gasteiger partial charge in [0.2, 0.25) is 0 Å². The molecular weight excluding hydrogens is 517 g/mol. The first-order chi connectivity index (χ1) is 17.9. The largest absolute Gasteiger partial charge is 0.411 e. The number of benzene rings is 1. The zero-order chi connectivity index (χ0) is 28.0. The van der Waals surface area contributed by atoms with E-state index < -0.39 is 12.2 Å². The minimum absolute atomic E-state index is 0.256. The quantitative estimate of drug-likeness (QED) is 0.189. The molecule has 11 heteroatoms. The normalized spacial score (nSPS) is 13.0. The second kappa shape index (κ2) is 12.4. The van der Waals surface area contributed by atoms with E-state index in [1.165, 1.54) is 10.8 Å². The summed E-state index contributed by atoms with van der Waals surface area (Å²) in [5.41, 5.74) is 7.03. The van der Waals surface area contributed by atoms with Crippen molar-refractivity contribution in [2.45, 2.75) is 38.9 Å². The van der Waals surface area contributed by atoms with Gasteiger partial charge in [-0.1, -0.05) is 35.4 Å². The Labute approximate surface area is 224 Å². The van der Waals surface area contributed by atoms with Crippen LogP contribution in [0.15, 0.2) is 64.0 Å². The molecule has 1 N–H and O–H groups in total. The van der Waals surface area contributed by atoms with Gasteiger partial charge < -0.3 is 5.43 Å². The molecule has 38 heavy (non-hydrogen) atoms. The van der Waals surface area contributed by atoms with E-state index in [0.717, 1.165) is 16.8 Å². The smallest absolute Gasteiger partial charge is 0.301 e. The fourth-order valence-electron chi connectivity index (χ4n) is 3.88. The van der Waals surface area contributed by atoms with Crippen LogP contribution in [0.3, 0.4) is 0 Å². The van der Waals surface area contributed by atoms with Crippen LogP contribution in [-0.2, 0) is 7.05 Å². The van der Waals surface area contributed by atoms with Crippen LogP contribution in [0.1, 0.15) is 25.5 Å². The minimum atomic E-state index is -4.42. The minimum Gasteiger partial charge on any atom is -0.301 e. The van der Waals surface area contributed by atoms with E-state index in [1.54, 1.807) is 56.5 Å². The van der Waals surface area contributed by atoms with Crippen LogP contribution in [0, 0.1) is 6.92 Å². The molecule has 0 aliphatic heterocycles. The summed E-state index contributed by atoms with van der Waals surface area (Å²) in [7, 11) is 3.37. The van der Waals surface area contributed by atoms with Gasteiger partial charge in [-0.25, -0.2) is 9.69 Å². The molecule has 3 rings (SSSR count). The third-order valence-electron chi connectivity index (χ3n) is 5.99. The van der Waals surface area contributed by atoms with Gasteiger partial charge in [-0.05, 0) is 68.8 Å². The number of halogens is 4. The first-order valence-corrected chi connectivity index (χ1v) is 12.2. The Balaban J connectivity index is 1.93. The highest BCUT2D eigenvalue weighted by Gasteiger charge is 2.37. The number of nitrogens with zero attached hydrogens (tertiary/aromatic N) is 5. The van der Waals surface area contributed by atoms with Crippen molar-refractivity contribution in [2.75, 3.05) is 19.0 Å². The van der Waals surface area contributed by atoms with Gasteiger partial charge >= 0.3 is 6.18 Å². The van der Waals surface area contributed by atoms with Crippen molar-refractivity contribution in [1.82, 2.24) is 19.8 Å². The maximum absolute atomic E-state index is 13.3. The fourth-order valence-corrected chi connectivity index (χ4v) is 4.01. The summed E-state index contributed by atoms with van der Waals surface area (Å²) in [6.45, 7) is 7.16. The lowest BCUT2D eigenvalue weighted by molar-refractivity contribution is -0.145. The van der Waals surface area contributed by atoms with Crippen molar-refractivity contribution >= 4 is 24.1 Å². The van der Waals surface area contributed by atoms with Crippen LogP contribution in [0.4, 0.5) is 19.0 Å². The zero-order valence-corrected chi connectivity index (χ0v) is 22.4. The molecular formula is C27H30ClF3N6O. The number of anilines is 1. The first kappa shape index (κ1) is 29.1. The highest BCUT2D eigenvalue weighted by Crippen LogP contribution is 2.35. The number of hydrogen-bond donors (Lipinski definition) is 1. The lowest BCUT2D eigenvalue weighted by atomic mass is 9.96. The average Bonchev–Trinajstić information content (AvgIpc) is 2.85. The lowest BCUT2D eigenvalue weighted by Gasteiger charge is -2.23. The van der Waals surface area contributed by atoms with E-state index in [0.29, 0.717) is 40.5 Å². The van der Waals surface area contributed by atoms with Gasteiger partial charge in [0.15, 0.2) is 5.82 Å². The van der Waals surface area contributed by atoms with Crippen molar-refractivity contribution in [2.24, 2.45) is 12.0 Å². The Hall–Kier alpha value is -3.50. The molecule has 0 saturated heterocycles.